The molecule has 7 heteroatoms. The van der Waals surface area contributed by atoms with Crippen LogP contribution in [-0.2, 0) is 9.59 Å². The fourth-order valence-corrected chi connectivity index (χ4v) is 2.42. The molecule has 0 aromatic carbocycles. The van der Waals surface area contributed by atoms with Crippen LogP contribution < -0.4 is 10.6 Å². The van der Waals surface area contributed by atoms with Crippen LogP contribution in [0.1, 0.15) is 26.7 Å². The smallest absolute Gasteiger partial charge is 0.317 e. The Bertz CT molecular complexity index is 397. The number of hydrogen-bond acceptors (Lipinski definition) is 3. The van der Waals surface area contributed by atoms with Gasteiger partial charge in [0.1, 0.15) is 0 Å². The summed E-state index contributed by atoms with van der Waals surface area (Å²) in [5.74, 6) is -1.04. The summed E-state index contributed by atoms with van der Waals surface area (Å²) >= 11 is 0. The van der Waals surface area contributed by atoms with Gasteiger partial charge < -0.3 is 20.6 Å². The van der Waals surface area contributed by atoms with Crippen molar-refractivity contribution < 1.29 is 19.5 Å². The fourth-order valence-electron chi connectivity index (χ4n) is 2.42. The molecular formula is C13H23N3O4. The van der Waals surface area contributed by atoms with Crippen molar-refractivity contribution in [2.24, 2.45) is 11.3 Å². The van der Waals surface area contributed by atoms with Crippen LogP contribution in [0, 0.1) is 11.3 Å². The maximum absolute atomic E-state index is 11.9. The Morgan fingerprint density at radius 1 is 1.35 bits per heavy atom. The van der Waals surface area contributed by atoms with Crippen LogP contribution in [0.5, 0.6) is 0 Å². The predicted octanol–water partition coefficient (Wildman–Crippen LogP) is 0.265. The third kappa shape index (κ3) is 3.40. The molecule has 3 N–H and O–H groups in total. The first-order chi connectivity index (χ1) is 9.33. The zero-order chi connectivity index (χ0) is 15.3. The molecule has 1 rings (SSSR count). The van der Waals surface area contributed by atoms with Gasteiger partial charge in [-0.2, -0.15) is 0 Å². The summed E-state index contributed by atoms with van der Waals surface area (Å²) in [5, 5.41) is 14.5. The molecule has 1 aliphatic heterocycles. The number of nitrogens with zero attached hydrogens (tertiary/aromatic N) is 1. The van der Waals surface area contributed by atoms with Crippen LogP contribution in [0.3, 0.4) is 0 Å². The molecule has 0 radical (unpaired) electrons. The van der Waals surface area contributed by atoms with E-state index in [2.05, 4.69) is 10.6 Å². The van der Waals surface area contributed by atoms with Crippen molar-refractivity contribution in [1.82, 2.24) is 15.5 Å². The zero-order valence-corrected chi connectivity index (χ0v) is 12.2. The van der Waals surface area contributed by atoms with Gasteiger partial charge in [0.15, 0.2) is 0 Å². The molecule has 0 bridgehead atoms. The minimum absolute atomic E-state index is 0.0383. The predicted molar refractivity (Wildman–Crippen MR) is 73.2 cm³/mol. The van der Waals surface area contributed by atoms with Gasteiger partial charge in [0.2, 0.25) is 5.91 Å². The number of carbonyl (C=O) groups excluding carboxylic acids is 2. The Kier molecular flexibility index (Phi) is 5.35. The first-order valence-corrected chi connectivity index (χ1v) is 6.80. The first-order valence-electron chi connectivity index (χ1n) is 6.80. The Hall–Kier alpha value is -1.79. The first kappa shape index (κ1) is 16.3. The summed E-state index contributed by atoms with van der Waals surface area (Å²) in [6.07, 6.45) is 0.674. The van der Waals surface area contributed by atoms with Gasteiger partial charge in [-0.3, -0.25) is 9.59 Å². The lowest BCUT2D eigenvalue weighted by Gasteiger charge is -2.28. The summed E-state index contributed by atoms with van der Waals surface area (Å²) in [4.78, 5) is 36.0. The molecule has 3 amide bonds. The molecule has 1 saturated heterocycles. The van der Waals surface area contributed by atoms with Crippen LogP contribution in [0.25, 0.3) is 0 Å². The van der Waals surface area contributed by atoms with E-state index in [-0.39, 0.29) is 37.4 Å². The van der Waals surface area contributed by atoms with Crippen molar-refractivity contribution >= 4 is 17.9 Å². The Labute approximate surface area is 118 Å². The second kappa shape index (κ2) is 6.58. The van der Waals surface area contributed by atoms with Crippen molar-refractivity contribution in [1.29, 1.82) is 0 Å². The lowest BCUT2D eigenvalue weighted by molar-refractivity contribution is -0.150. The molecule has 0 aliphatic carbocycles. The van der Waals surface area contributed by atoms with Gasteiger partial charge in [-0.05, 0) is 12.3 Å². The number of carbonyl (C=O) groups is 3. The van der Waals surface area contributed by atoms with Crippen LogP contribution in [0.2, 0.25) is 0 Å². The van der Waals surface area contributed by atoms with Crippen molar-refractivity contribution in [2.75, 3.05) is 26.7 Å². The molecule has 0 saturated carbocycles. The highest BCUT2D eigenvalue weighted by molar-refractivity contribution is 5.80. The number of amides is 3. The maximum Gasteiger partial charge on any atom is 0.317 e. The van der Waals surface area contributed by atoms with Gasteiger partial charge in [0.05, 0.1) is 5.41 Å². The number of urea groups is 1. The Morgan fingerprint density at radius 3 is 2.45 bits per heavy atom. The molecule has 0 aromatic rings. The van der Waals surface area contributed by atoms with Gasteiger partial charge in [0, 0.05) is 33.1 Å². The average Bonchev–Trinajstić information content (AvgIpc) is 2.84. The average molecular weight is 285 g/mol. The van der Waals surface area contributed by atoms with E-state index < -0.39 is 11.4 Å². The molecule has 20 heavy (non-hydrogen) atoms. The molecule has 1 fully saturated rings. The minimum Gasteiger partial charge on any atom is -0.481 e. The van der Waals surface area contributed by atoms with E-state index in [1.165, 1.54) is 11.9 Å². The summed E-state index contributed by atoms with van der Waals surface area (Å²) < 4.78 is 0. The van der Waals surface area contributed by atoms with Crippen LogP contribution in [0.4, 0.5) is 4.79 Å². The maximum atomic E-state index is 11.9. The highest BCUT2D eigenvalue weighted by atomic mass is 16.4. The largest absolute Gasteiger partial charge is 0.481 e. The van der Waals surface area contributed by atoms with Crippen LogP contribution in [-0.4, -0.2) is 54.6 Å². The van der Waals surface area contributed by atoms with Gasteiger partial charge in [-0.15, -0.1) is 0 Å². The SMILES string of the molecule is CNC(=O)CCNC(=O)N1CCC(C(=O)O)(C(C)C)C1. The Morgan fingerprint density at radius 2 is 2.00 bits per heavy atom. The van der Waals surface area contributed by atoms with Crippen molar-refractivity contribution in [2.45, 2.75) is 26.7 Å². The van der Waals surface area contributed by atoms with Crippen molar-refractivity contribution in [3.8, 4) is 0 Å². The van der Waals surface area contributed by atoms with E-state index in [9.17, 15) is 19.5 Å². The number of likely N-dealkylation sites (tertiary alicyclic amines) is 1. The highest BCUT2D eigenvalue weighted by Crippen LogP contribution is 2.38. The lowest BCUT2D eigenvalue weighted by atomic mass is 9.76. The van der Waals surface area contributed by atoms with Gasteiger partial charge in [0.25, 0.3) is 0 Å². The molecular weight excluding hydrogens is 262 g/mol. The summed E-state index contributed by atoms with van der Waals surface area (Å²) in [6.45, 7) is 4.61. The number of carboxylic acids is 1. The highest BCUT2D eigenvalue weighted by Gasteiger charge is 2.48. The van der Waals surface area contributed by atoms with Gasteiger partial charge in [-0.25, -0.2) is 4.79 Å². The monoisotopic (exact) mass is 285 g/mol. The van der Waals surface area contributed by atoms with E-state index >= 15 is 0 Å². The topological polar surface area (TPSA) is 98.7 Å². The van der Waals surface area contributed by atoms with E-state index in [1.54, 1.807) is 0 Å². The van der Waals surface area contributed by atoms with E-state index in [0.29, 0.717) is 13.0 Å². The molecule has 1 heterocycles. The number of hydrogen-bond donors (Lipinski definition) is 3. The molecule has 1 unspecified atom stereocenters. The quantitative estimate of drug-likeness (QED) is 0.675. The number of aliphatic carboxylic acids is 1. The van der Waals surface area contributed by atoms with Gasteiger partial charge in [-0.1, -0.05) is 13.8 Å². The summed E-state index contributed by atoms with van der Waals surface area (Å²) in [5.41, 5.74) is -0.863. The molecule has 1 atom stereocenters. The van der Waals surface area contributed by atoms with Gasteiger partial charge >= 0.3 is 12.0 Å². The third-order valence-corrected chi connectivity index (χ3v) is 4.03. The normalized spacial score (nSPS) is 21.9. The van der Waals surface area contributed by atoms with Crippen molar-refractivity contribution in [3.05, 3.63) is 0 Å². The molecule has 0 aromatic heterocycles. The minimum atomic E-state index is -0.863. The van der Waals surface area contributed by atoms with E-state index in [4.69, 9.17) is 0 Å². The second-order valence-corrected chi connectivity index (χ2v) is 5.44. The van der Waals surface area contributed by atoms with Crippen LogP contribution >= 0.6 is 0 Å². The zero-order valence-electron chi connectivity index (χ0n) is 12.2. The summed E-state index contributed by atoms with van der Waals surface area (Å²) in [6, 6.07) is -0.308. The van der Waals surface area contributed by atoms with E-state index in [1.807, 2.05) is 13.8 Å². The van der Waals surface area contributed by atoms with Crippen molar-refractivity contribution in [3.63, 3.8) is 0 Å². The Balaban J connectivity index is 2.52. The van der Waals surface area contributed by atoms with E-state index in [0.717, 1.165) is 0 Å². The number of rotatable bonds is 5. The van der Waals surface area contributed by atoms with Crippen LogP contribution in [0.15, 0.2) is 0 Å². The number of carboxylic acid groups (broad SMARTS) is 1. The molecule has 114 valence electrons. The molecule has 7 nitrogen and oxygen atoms in total. The standard InChI is InChI=1S/C13H23N3O4/c1-9(2)13(11(18)19)5-7-16(8-13)12(20)15-6-4-10(17)14-3/h9H,4-8H2,1-3H3,(H,14,17)(H,15,20)(H,18,19). The fraction of sp³-hybridized carbons (Fsp3) is 0.769. The lowest BCUT2D eigenvalue weighted by Crippen LogP contribution is -2.44. The number of nitrogens with one attached hydrogen (secondary N) is 2. The summed E-state index contributed by atoms with van der Waals surface area (Å²) in [7, 11) is 1.54. The molecule has 0 spiro atoms. The third-order valence-electron chi connectivity index (χ3n) is 4.03. The molecule has 1 aliphatic rings. The second-order valence-electron chi connectivity index (χ2n) is 5.44.